The Balaban J connectivity index is 1.27. The Kier molecular flexibility index (Phi) is 5.01. The van der Waals surface area contributed by atoms with Crippen molar-refractivity contribution in [2.24, 2.45) is 5.92 Å². The number of hydrogen-bond donors (Lipinski definition) is 0. The minimum atomic E-state index is 0.0396. The molecule has 1 amide bonds. The van der Waals surface area contributed by atoms with Crippen LogP contribution in [0, 0.1) is 5.92 Å². The Morgan fingerprint density at radius 3 is 2.47 bits per heavy atom. The maximum atomic E-state index is 12.7. The standard InChI is InChI=1S/C23H31N5O2/c1-16(2)28-8-7-21(23(28)30)26-11-9-25(10-12-26)18-5-6-19-20(13-18)24-15-27(22(19)29)14-17-3-4-17/h5-6,13,15-17,21H,3-4,7-12,14H2,1-2H3. The Morgan fingerprint density at radius 2 is 1.80 bits per heavy atom. The smallest absolute Gasteiger partial charge is 0.261 e. The van der Waals surface area contributed by atoms with E-state index in [1.54, 1.807) is 10.9 Å². The van der Waals surface area contributed by atoms with Crippen LogP contribution in [-0.2, 0) is 11.3 Å². The lowest BCUT2D eigenvalue weighted by molar-refractivity contribution is -0.133. The molecule has 5 rings (SSSR count). The first-order valence-electron chi connectivity index (χ1n) is 11.3. The van der Waals surface area contributed by atoms with Crippen molar-refractivity contribution < 1.29 is 4.79 Å². The van der Waals surface area contributed by atoms with Crippen molar-refractivity contribution in [3.8, 4) is 0 Å². The summed E-state index contributed by atoms with van der Waals surface area (Å²) in [6.45, 7) is 9.38. The molecule has 2 saturated heterocycles. The molecular weight excluding hydrogens is 378 g/mol. The van der Waals surface area contributed by atoms with Gasteiger partial charge in [-0.05, 0) is 57.2 Å². The summed E-state index contributed by atoms with van der Waals surface area (Å²) in [5, 5.41) is 0.700. The van der Waals surface area contributed by atoms with Gasteiger partial charge in [0.25, 0.3) is 5.56 Å². The molecule has 1 aliphatic carbocycles. The number of rotatable bonds is 5. The van der Waals surface area contributed by atoms with Gasteiger partial charge in [-0.15, -0.1) is 0 Å². The van der Waals surface area contributed by atoms with Crippen LogP contribution in [0.1, 0.15) is 33.1 Å². The number of fused-ring (bicyclic) bond motifs is 1. The third-order valence-electron chi connectivity index (χ3n) is 6.92. The molecule has 7 nitrogen and oxygen atoms in total. The molecule has 30 heavy (non-hydrogen) atoms. The highest BCUT2D eigenvalue weighted by Crippen LogP contribution is 2.30. The first-order chi connectivity index (χ1) is 14.5. The summed E-state index contributed by atoms with van der Waals surface area (Å²) < 4.78 is 1.76. The van der Waals surface area contributed by atoms with Crippen molar-refractivity contribution >= 4 is 22.5 Å². The molecule has 1 aromatic carbocycles. The van der Waals surface area contributed by atoms with E-state index >= 15 is 0 Å². The molecule has 1 atom stereocenters. The molecule has 0 N–H and O–H groups in total. The largest absolute Gasteiger partial charge is 0.369 e. The van der Waals surface area contributed by atoms with Gasteiger partial charge in [0, 0.05) is 51.0 Å². The molecule has 0 bridgehead atoms. The van der Waals surface area contributed by atoms with E-state index in [-0.39, 0.29) is 23.6 Å². The van der Waals surface area contributed by atoms with Gasteiger partial charge in [0.15, 0.2) is 0 Å². The average molecular weight is 410 g/mol. The van der Waals surface area contributed by atoms with Crippen LogP contribution in [0.2, 0.25) is 0 Å². The molecule has 1 saturated carbocycles. The minimum Gasteiger partial charge on any atom is -0.369 e. The predicted molar refractivity (Wildman–Crippen MR) is 118 cm³/mol. The van der Waals surface area contributed by atoms with E-state index in [4.69, 9.17) is 0 Å². The van der Waals surface area contributed by atoms with Gasteiger partial charge in [-0.25, -0.2) is 4.98 Å². The highest BCUT2D eigenvalue weighted by Gasteiger charge is 2.38. The maximum absolute atomic E-state index is 12.7. The Labute approximate surface area is 177 Å². The number of carbonyl (C=O) groups is 1. The topological polar surface area (TPSA) is 61.7 Å². The lowest BCUT2D eigenvalue weighted by Gasteiger charge is -2.38. The Hall–Kier alpha value is -2.41. The normalized spacial score (nSPS) is 23.2. The van der Waals surface area contributed by atoms with Crippen LogP contribution < -0.4 is 10.5 Å². The third-order valence-corrected chi connectivity index (χ3v) is 6.92. The number of aromatic nitrogens is 2. The fourth-order valence-corrected chi connectivity index (χ4v) is 4.88. The van der Waals surface area contributed by atoms with E-state index < -0.39 is 0 Å². The quantitative estimate of drug-likeness (QED) is 0.755. The lowest BCUT2D eigenvalue weighted by Crippen LogP contribution is -2.53. The van der Waals surface area contributed by atoms with E-state index in [0.29, 0.717) is 11.3 Å². The summed E-state index contributed by atoms with van der Waals surface area (Å²) in [7, 11) is 0. The van der Waals surface area contributed by atoms with Crippen molar-refractivity contribution in [2.45, 2.75) is 51.7 Å². The van der Waals surface area contributed by atoms with Gasteiger partial charge >= 0.3 is 0 Å². The molecule has 1 unspecified atom stereocenters. The number of benzene rings is 1. The summed E-state index contributed by atoms with van der Waals surface area (Å²) in [6, 6.07) is 6.33. The van der Waals surface area contributed by atoms with Crippen LogP contribution in [0.5, 0.6) is 0 Å². The average Bonchev–Trinajstić information content (AvgIpc) is 3.49. The number of nitrogens with zero attached hydrogens (tertiary/aromatic N) is 5. The summed E-state index contributed by atoms with van der Waals surface area (Å²) in [5.74, 6) is 0.938. The fourth-order valence-electron chi connectivity index (χ4n) is 4.88. The molecule has 2 aromatic rings. The number of piperazine rings is 1. The van der Waals surface area contributed by atoms with Crippen LogP contribution in [0.15, 0.2) is 29.3 Å². The lowest BCUT2D eigenvalue weighted by atomic mass is 10.1. The highest BCUT2D eigenvalue weighted by molar-refractivity contribution is 5.84. The first-order valence-corrected chi connectivity index (χ1v) is 11.3. The number of likely N-dealkylation sites (tertiary alicyclic amines) is 1. The summed E-state index contributed by atoms with van der Waals surface area (Å²) in [6.07, 6.45) is 5.08. The second-order valence-electron chi connectivity index (χ2n) is 9.30. The van der Waals surface area contributed by atoms with Gasteiger partial charge in [-0.3, -0.25) is 19.1 Å². The third kappa shape index (κ3) is 3.60. The van der Waals surface area contributed by atoms with Crippen LogP contribution >= 0.6 is 0 Å². The van der Waals surface area contributed by atoms with E-state index in [1.165, 1.54) is 12.8 Å². The van der Waals surface area contributed by atoms with Crippen molar-refractivity contribution in [2.75, 3.05) is 37.6 Å². The van der Waals surface area contributed by atoms with Gasteiger partial charge in [0.05, 0.1) is 23.3 Å². The number of carbonyl (C=O) groups excluding carboxylic acids is 1. The van der Waals surface area contributed by atoms with Crippen LogP contribution in [0.3, 0.4) is 0 Å². The molecule has 1 aromatic heterocycles. The zero-order chi connectivity index (χ0) is 20.8. The van der Waals surface area contributed by atoms with E-state index in [0.717, 1.165) is 56.9 Å². The van der Waals surface area contributed by atoms with Crippen molar-refractivity contribution in [3.05, 3.63) is 34.9 Å². The van der Waals surface area contributed by atoms with Crippen molar-refractivity contribution in [3.63, 3.8) is 0 Å². The second kappa shape index (κ2) is 7.69. The summed E-state index contributed by atoms with van der Waals surface area (Å²) >= 11 is 0. The molecule has 7 heteroatoms. The van der Waals surface area contributed by atoms with Gasteiger partial charge in [-0.2, -0.15) is 0 Å². The van der Waals surface area contributed by atoms with E-state index in [1.807, 2.05) is 23.1 Å². The van der Waals surface area contributed by atoms with Gasteiger partial charge in [0.1, 0.15) is 0 Å². The van der Waals surface area contributed by atoms with E-state index in [9.17, 15) is 9.59 Å². The van der Waals surface area contributed by atoms with Crippen LogP contribution in [-0.4, -0.2) is 70.1 Å². The molecule has 160 valence electrons. The molecule has 3 aliphatic rings. The molecule has 0 spiro atoms. The van der Waals surface area contributed by atoms with E-state index in [2.05, 4.69) is 28.6 Å². The molecule has 3 heterocycles. The zero-order valence-corrected chi connectivity index (χ0v) is 18.0. The number of amides is 1. The van der Waals surface area contributed by atoms with Crippen molar-refractivity contribution in [1.82, 2.24) is 19.4 Å². The zero-order valence-electron chi connectivity index (χ0n) is 18.0. The predicted octanol–water partition coefficient (Wildman–Crippen LogP) is 1.94. The second-order valence-corrected chi connectivity index (χ2v) is 9.30. The maximum Gasteiger partial charge on any atom is 0.261 e. The van der Waals surface area contributed by atoms with Gasteiger partial charge in [0.2, 0.25) is 5.91 Å². The van der Waals surface area contributed by atoms with Crippen molar-refractivity contribution in [1.29, 1.82) is 0 Å². The number of anilines is 1. The molecule has 0 radical (unpaired) electrons. The number of hydrogen-bond acceptors (Lipinski definition) is 5. The highest BCUT2D eigenvalue weighted by atomic mass is 16.2. The minimum absolute atomic E-state index is 0.0396. The summed E-state index contributed by atoms with van der Waals surface area (Å²) in [5.41, 5.74) is 1.94. The SMILES string of the molecule is CC(C)N1CCC(N2CCN(c3ccc4c(=O)n(CC5CC5)cnc4c3)CC2)C1=O. The monoisotopic (exact) mass is 409 g/mol. The Morgan fingerprint density at radius 1 is 1.03 bits per heavy atom. The van der Waals surface area contributed by atoms with Crippen LogP contribution in [0.25, 0.3) is 10.9 Å². The fraction of sp³-hybridized carbons (Fsp3) is 0.609. The molecule has 3 fully saturated rings. The summed E-state index contributed by atoms with van der Waals surface area (Å²) in [4.78, 5) is 36.7. The first kappa shape index (κ1) is 19.5. The Bertz CT molecular complexity index is 1000. The van der Waals surface area contributed by atoms with Crippen LogP contribution in [0.4, 0.5) is 5.69 Å². The molecule has 2 aliphatic heterocycles. The van der Waals surface area contributed by atoms with Gasteiger partial charge < -0.3 is 9.80 Å². The molecular formula is C23H31N5O2. The van der Waals surface area contributed by atoms with Gasteiger partial charge in [-0.1, -0.05) is 0 Å².